The van der Waals surface area contributed by atoms with Crippen LogP contribution in [0.2, 0.25) is 0 Å². The number of amides is 2. The van der Waals surface area contributed by atoms with E-state index in [9.17, 15) is 13.2 Å². The molecule has 3 N–H and O–H groups in total. The van der Waals surface area contributed by atoms with Gasteiger partial charge in [0, 0.05) is 0 Å². The van der Waals surface area contributed by atoms with Crippen LogP contribution < -0.4 is 15.2 Å². The molecule has 1 aromatic heterocycles. The van der Waals surface area contributed by atoms with Crippen LogP contribution in [0.15, 0.2) is 15.7 Å². The Labute approximate surface area is 84.7 Å². The number of hydrogen-bond acceptors (Lipinski definition) is 5. The van der Waals surface area contributed by atoms with E-state index in [1.165, 1.54) is 18.6 Å². The molecule has 1 rings (SSSR count). The van der Waals surface area contributed by atoms with Gasteiger partial charge in [0.05, 0.1) is 7.11 Å². The van der Waals surface area contributed by atoms with Crippen molar-refractivity contribution in [3.8, 4) is 5.75 Å². The molecule has 0 spiro atoms. The Morgan fingerprint density at radius 3 is 2.79 bits per heavy atom. The maximum atomic E-state index is 11.4. The highest BCUT2D eigenvalue weighted by molar-refractivity contribution is 7.92. The fourth-order valence-corrected chi connectivity index (χ4v) is 2.96. The quantitative estimate of drug-likeness (QED) is 0.778. The van der Waals surface area contributed by atoms with Crippen LogP contribution in [-0.2, 0) is 10.0 Å². The Hall–Kier alpha value is -1.28. The normalized spacial score (nSPS) is 10.9. The molecule has 0 atom stereocenters. The predicted octanol–water partition coefficient (Wildman–Crippen LogP) is 0.114. The van der Waals surface area contributed by atoms with Crippen LogP contribution in [0.25, 0.3) is 0 Å². The average Bonchev–Trinajstić information content (AvgIpc) is 2.48. The van der Waals surface area contributed by atoms with Crippen molar-refractivity contribution in [2.75, 3.05) is 7.11 Å². The van der Waals surface area contributed by atoms with Gasteiger partial charge in [-0.05, 0) is 11.4 Å². The largest absolute Gasteiger partial charge is 0.494 e. The fraction of sp³-hybridized carbons (Fsp3) is 0.167. The number of carbonyl (C=O) groups is 1. The first kappa shape index (κ1) is 10.8. The zero-order chi connectivity index (χ0) is 10.8. The van der Waals surface area contributed by atoms with E-state index in [-0.39, 0.29) is 9.96 Å². The van der Waals surface area contributed by atoms with Gasteiger partial charge in [0.25, 0.3) is 10.0 Å². The summed E-state index contributed by atoms with van der Waals surface area (Å²) >= 11 is 0.940. The highest BCUT2D eigenvalue weighted by atomic mass is 32.2. The first-order valence-corrected chi connectivity index (χ1v) is 5.77. The standard InChI is InChI=1S/C6H8N2O4S2/c1-12-4-2-3-13-5(4)14(10,11)8-6(7)9/h2-3H,1H3,(H3,7,8,9). The van der Waals surface area contributed by atoms with Crippen LogP contribution >= 0.6 is 11.3 Å². The van der Waals surface area contributed by atoms with E-state index in [0.29, 0.717) is 0 Å². The van der Waals surface area contributed by atoms with Crippen LogP contribution in [0, 0.1) is 0 Å². The lowest BCUT2D eigenvalue weighted by molar-refractivity contribution is 0.253. The molecule has 1 aromatic rings. The van der Waals surface area contributed by atoms with Gasteiger partial charge >= 0.3 is 6.03 Å². The number of hydrogen-bond donors (Lipinski definition) is 2. The molecular formula is C6H8N2O4S2. The number of thiophene rings is 1. The van der Waals surface area contributed by atoms with Crippen LogP contribution in [0.3, 0.4) is 0 Å². The summed E-state index contributed by atoms with van der Waals surface area (Å²) in [4.78, 5) is 10.4. The Morgan fingerprint density at radius 2 is 2.29 bits per heavy atom. The van der Waals surface area contributed by atoms with Gasteiger partial charge in [0.15, 0.2) is 4.21 Å². The average molecular weight is 236 g/mol. The molecule has 0 aliphatic rings. The smallest absolute Gasteiger partial charge is 0.326 e. The van der Waals surface area contributed by atoms with Gasteiger partial charge in [-0.2, -0.15) is 0 Å². The number of methoxy groups -OCH3 is 1. The van der Waals surface area contributed by atoms with Crippen LogP contribution in [0.4, 0.5) is 4.79 Å². The molecule has 6 nitrogen and oxygen atoms in total. The molecule has 0 aliphatic heterocycles. The van der Waals surface area contributed by atoms with Gasteiger partial charge in [-0.15, -0.1) is 11.3 Å². The Balaban J connectivity index is 3.10. The zero-order valence-electron chi connectivity index (χ0n) is 7.18. The Morgan fingerprint density at radius 1 is 1.64 bits per heavy atom. The summed E-state index contributed by atoms with van der Waals surface area (Å²) in [5.74, 6) is 0.184. The van der Waals surface area contributed by atoms with E-state index in [0.717, 1.165) is 11.3 Å². The molecule has 78 valence electrons. The minimum Gasteiger partial charge on any atom is -0.494 e. The SMILES string of the molecule is COc1ccsc1S(=O)(=O)NC(N)=O. The molecule has 0 aliphatic carbocycles. The fourth-order valence-electron chi connectivity index (χ4n) is 0.810. The number of ether oxygens (including phenoxy) is 1. The van der Waals surface area contributed by atoms with Crippen LogP contribution in [0.5, 0.6) is 5.75 Å². The van der Waals surface area contributed by atoms with Crippen molar-refractivity contribution in [2.45, 2.75) is 4.21 Å². The monoisotopic (exact) mass is 236 g/mol. The molecule has 8 heteroatoms. The molecule has 2 amide bonds. The molecule has 0 bridgehead atoms. The van der Waals surface area contributed by atoms with Gasteiger partial charge < -0.3 is 10.5 Å². The van der Waals surface area contributed by atoms with E-state index in [1.807, 2.05) is 0 Å². The van der Waals surface area contributed by atoms with Gasteiger partial charge in [0.2, 0.25) is 0 Å². The second kappa shape index (κ2) is 3.84. The summed E-state index contributed by atoms with van der Waals surface area (Å²) in [5.41, 5.74) is 4.71. The van der Waals surface area contributed by atoms with Crippen molar-refractivity contribution < 1.29 is 17.9 Å². The van der Waals surface area contributed by atoms with E-state index in [1.54, 1.807) is 4.72 Å². The Kier molecular flexibility index (Phi) is 2.96. The summed E-state index contributed by atoms with van der Waals surface area (Å²) in [6, 6.07) is 0.362. The van der Waals surface area contributed by atoms with Crippen molar-refractivity contribution in [3.05, 3.63) is 11.4 Å². The first-order chi connectivity index (χ1) is 6.47. The second-order valence-electron chi connectivity index (χ2n) is 2.25. The summed E-state index contributed by atoms with van der Waals surface area (Å²) < 4.78 is 29.2. The van der Waals surface area contributed by atoms with E-state index in [2.05, 4.69) is 0 Å². The molecule has 0 aromatic carbocycles. The predicted molar refractivity (Wildman–Crippen MR) is 50.8 cm³/mol. The van der Waals surface area contributed by atoms with Crippen LogP contribution in [-0.4, -0.2) is 21.6 Å². The first-order valence-electron chi connectivity index (χ1n) is 3.41. The minimum atomic E-state index is -3.89. The summed E-state index contributed by atoms with van der Waals surface area (Å²) in [7, 11) is -2.55. The number of nitrogens with two attached hydrogens (primary N) is 1. The molecule has 1 heterocycles. The summed E-state index contributed by atoms with van der Waals surface area (Å²) in [5, 5.41) is 1.54. The van der Waals surface area contributed by atoms with Gasteiger partial charge in [-0.3, -0.25) is 0 Å². The molecule has 0 saturated heterocycles. The number of rotatable bonds is 3. The zero-order valence-corrected chi connectivity index (χ0v) is 8.81. The van der Waals surface area contributed by atoms with Gasteiger partial charge in [-0.25, -0.2) is 17.9 Å². The topological polar surface area (TPSA) is 98.5 Å². The molecule has 0 unspecified atom stereocenters. The molecular weight excluding hydrogens is 228 g/mol. The maximum Gasteiger partial charge on any atom is 0.326 e. The lowest BCUT2D eigenvalue weighted by Crippen LogP contribution is -2.34. The molecule has 14 heavy (non-hydrogen) atoms. The Bertz CT molecular complexity index is 436. The van der Waals surface area contributed by atoms with Crippen LogP contribution in [0.1, 0.15) is 0 Å². The molecule has 0 saturated carbocycles. The van der Waals surface area contributed by atoms with Crippen molar-refractivity contribution >= 4 is 27.4 Å². The highest BCUT2D eigenvalue weighted by Crippen LogP contribution is 2.28. The third-order valence-electron chi connectivity index (χ3n) is 1.29. The molecule has 0 radical (unpaired) electrons. The lowest BCUT2D eigenvalue weighted by atomic mass is 10.6. The highest BCUT2D eigenvalue weighted by Gasteiger charge is 2.22. The number of urea groups is 1. The molecule has 0 fully saturated rings. The van der Waals surface area contributed by atoms with Crippen molar-refractivity contribution in [1.82, 2.24) is 4.72 Å². The van der Waals surface area contributed by atoms with Crippen molar-refractivity contribution in [1.29, 1.82) is 0 Å². The third kappa shape index (κ3) is 2.15. The summed E-state index contributed by atoms with van der Waals surface area (Å²) in [6.07, 6.45) is 0. The van der Waals surface area contributed by atoms with Gasteiger partial charge in [0.1, 0.15) is 5.75 Å². The number of primary amides is 1. The second-order valence-corrected chi connectivity index (χ2v) is 5.04. The van der Waals surface area contributed by atoms with E-state index < -0.39 is 16.1 Å². The number of sulfonamides is 1. The lowest BCUT2D eigenvalue weighted by Gasteiger charge is -2.03. The van der Waals surface area contributed by atoms with Crippen molar-refractivity contribution in [2.24, 2.45) is 5.73 Å². The summed E-state index contributed by atoms with van der Waals surface area (Å²) in [6.45, 7) is 0. The third-order valence-corrected chi connectivity index (χ3v) is 4.09. The maximum absolute atomic E-state index is 11.4. The minimum absolute atomic E-state index is 0.0706. The van der Waals surface area contributed by atoms with Crippen molar-refractivity contribution in [3.63, 3.8) is 0 Å². The van der Waals surface area contributed by atoms with E-state index >= 15 is 0 Å². The number of nitrogens with one attached hydrogen (secondary N) is 1. The van der Waals surface area contributed by atoms with E-state index in [4.69, 9.17) is 10.5 Å². The van der Waals surface area contributed by atoms with Gasteiger partial charge in [-0.1, -0.05) is 0 Å². The number of carbonyl (C=O) groups excluding carboxylic acids is 1.